The predicted molar refractivity (Wildman–Crippen MR) is 119 cm³/mol. The van der Waals surface area contributed by atoms with Crippen molar-refractivity contribution in [2.75, 3.05) is 13.1 Å². The lowest BCUT2D eigenvalue weighted by atomic mass is 9.97. The Bertz CT molecular complexity index is 1000. The van der Waals surface area contributed by atoms with Gasteiger partial charge in [0.1, 0.15) is 0 Å². The second-order valence-electron chi connectivity index (χ2n) is 6.94. The average Bonchev–Trinajstić information content (AvgIpc) is 3.00. The van der Waals surface area contributed by atoms with E-state index in [4.69, 9.17) is 17.3 Å². The van der Waals surface area contributed by atoms with Crippen molar-refractivity contribution < 1.29 is 9.90 Å². The molecule has 10 heteroatoms. The lowest BCUT2D eigenvalue weighted by Gasteiger charge is -2.31. The van der Waals surface area contributed by atoms with E-state index >= 15 is 0 Å². The Hall–Kier alpha value is -2.46. The average molecular weight is 480 g/mol. The summed E-state index contributed by atoms with van der Waals surface area (Å²) in [4.78, 5) is 25.8. The SMILES string of the molecule is C/C(=N\NC(=S)N1CCC(C(=O)O)CC1)c1c(C)[nH]n(-c2ccc(Br)cc2)c1=O. The number of likely N-dealkylation sites (tertiary alicyclic amines) is 1. The van der Waals surface area contributed by atoms with Crippen molar-refractivity contribution >= 4 is 44.9 Å². The van der Waals surface area contributed by atoms with Crippen LogP contribution in [0.3, 0.4) is 0 Å². The first-order valence-corrected chi connectivity index (χ1v) is 10.4. The number of aryl methyl sites for hydroxylation is 1. The van der Waals surface area contributed by atoms with Crippen molar-refractivity contribution in [3.63, 3.8) is 0 Å². The zero-order valence-corrected chi connectivity index (χ0v) is 18.5. The summed E-state index contributed by atoms with van der Waals surface area (Å²) in [6.45, 7) is 4.70. The molecule has 154 valence electrons. The minimum absolute atomic E-state index is 0.193. The largest absolute Gasteiger partial charge is 0.481 e. The number of benzene rings is 1. The third kappa shape index (κ3) is 4.76. The number of carboxylic acid groups (broad SMARTS) is 1. The van der Waals surface area contributed by atoms with Gasteiger partial charge in [-0.2, -0.15) is 5.10 Å². The molecule has 0 radical (unpaired) electrons. The third-order valence-corrected chi connectivity index (χ3v) is 5.85. The molecule has 1 aromatic heterocycles. The number of carbonyl (C=O) groups is 1. The van der Waals surface area contributed by atoms with E-state index in [1.165, 1.54) is 4.68 Å². The number of hydrogen-bond donors (Lipinski definition) is 3. The Morgan fingerprint density at radius 1 is 1.31 bits per heavy atom. The highest BCUT2D eigenvalue weighted by atomic mass is 79.9. The van der Waals surface area contributed by atoms with Gasteiger partial charge in [0.15, 0.2) is 5.11 Å². The number of H-pyrrole nitrogens is 1. The fourth-order valence-corrected chi connectivity index (χ4v) is 3.83. The molecule has 1 aromatic carbocycles. The first-order valence-electron chi connectivity index (χ1n) is 9.18. The van der Waals surface area contributed by atoms with Gasteiger partial charge in [0.25, 0.3) is 5.56 Å². The van der Waals surface area contributed by atoms with Crippen LogP contribution in [-0.2, 0) is 4.79 Å². The quantitative estimate of drug-likeness (QED) is 0.353. The van der Waals surface area contributed by atoms with Crippen LogP contribution in [0.25, 0.3) is 5.69 Å². The topological polar surface area (TPSA) is 103 Å². The Kier molecular flexibility index (Phi) is 6.53. The third-order valence-electron chi connectivity index (χ3n) is 4.97. The standard InChI is InChI=1S/C19H22BrN5O3S/c1-11(21-22-19(29)24-9-7-13(8-10-24)18(27)28)16-12(2)23-25(17(16)26)15-5-3-14(20)4-6-15/h3-6,13,23H,7-10H2,1-2H3,(H,22,29)(H,27,28)/b21-11+. The summed E-state index contributed by atoms with van der Waals surface area (Å²) in [5.74, 6) is -1.08. The molecule has 0 aliphatic carbocycles. The summed E-state index contributed by atoms with van der Waals surface area (Å²) in [7, 11) is 0. The monoisotopic (exact) mass is 479 g/mol. The number of halogens is 1. The molecule has 3 rings (SSSR count). The Labute approximate surface area is 181 Å². The van der Waals surface area contributed by atoms with Crippen molar-refractivity contribution in [2.45, 2.75) is 26.7 Å². The highest BCUT2D eigenvalue weighted by molar-refractivity contribution is 9.10. The highest BCUT2D eigenvalue weighted by Crippen LogP contribution is 2.17. The molecule has 8 nitrogen and oxygen atoms in total. The van der Waals surface area contributed by atoms with Gasteiger partial charge in [-0.25, -0.2) is 4.68 Å². The van der Waals surface area contributed by atoms with E-state index < -0.39 is 5.97 Å². The molecule has 0 bridgehead atoms. The van der Waals surface area contributed by atoms with Gasteiger partial charge < -0.3 is 10.0 Å². The molecular formula is C19H22BrN5O3S. The maximum Gasteiger partial charge on any atom is 0.306 e. The molecule has 1 saturated heterocycles. The molecule has 0 atom stereocenters. The van der Waals surface area contributed by atoms with E-state index in [0.717, 1.165) is 10.2 Å². The molecule has 2 heterocycles. The summed E-state index contributed by atoms with van der Waals surface area (Å²) in [5.41, 5.74) is 5.07. The zero-order chi connectivity index (χ0) is 21.1. The van der Waals surface area contributed by atoms with Gasteiger partial charge >= 0.3 is 5.97 Å². The first-order chi connectivity index (χ1) is 13.8. The lowest BCUT2D eigenvalue weighted by molar-refractivity contribution is -0.143. The minimum atomic E-state index is -0.762. The van der Waals surface area contributed by atoms with Gasteiger partial charge in [0.2, 0.25) is 0 Å². The number of hydrazone groups is 1. The van der Waals surface area contributed by atoms with E-state index in [9.17, 15) is 9.59 Å². The second-order valence-corrected chi connectivity index (χ2v) is 8.24. The van der Waals surface area contributed by atoms with Crippen LogP contribution in [0.5, 0.6) is 0 Å². The maximum absolute atomic E-state index is 12.9. The van der Waals surface area contributed by atoms with Crippen molar-refractivity contribution in [3.05, 3.63) is 50.3 Å². The number of nitrogens with zero attached hydrogens (tertiary/aromatic N) is 3. The van der Waals surface area contributed by atoms with Gasteiger partial charge in [0.05, 0.1) is 22.9 Å². The number of piperidine rings is 1. The molecular weight excluding hydrogens is 458 g/mol. The number of nitrogens with one attached hydrogen (secondary N) is 2. The molecule has 0 amide bonds. The number of rotatable bonds is 4. The fourth-order valence-electron chi connectivity index (χ4n) is 3.33. The van der Waals surface area contributed by atoms with Crippen LogP contribution in [0.1, 0.15) is 31.0 Å². The number of carboxylic acids is 1. The summed E-state index contributed by atoms with van der Waals surface area (Å²) < 4.78 is 2.41. The smallest absolute Gasteiger partial charge is 0.306 e. The summed E-state index contributed by atoms with van der Waals surface area (Å²) in [6, 6.07) is 7.41. The molecule has 3 N–H and O–H groups in total. The van der Waals surface area contributed by atoms with E-state index in [1.54, 1.807) is 6.92 Å². The number of thiocarbonyl (C=S) groups is 1. The van der Waals surface area contributed by atoms with Crippen LogP contribution in [0.15, 0.2) is 38.6 Å². The van der Waals surface area contributed by atoms with Crippen LogP contribution in [0.2, 0.25) is 0 Å². The molecule has 29 heavy (non-hydrogen) atoms. The van der Waals surface area contributed by atoms with Crippen molar-refractivity contribution in [2.24, 2.45) is 11.0 Å². The molecule has 1 fully saturated rings. The van der Waals surface area contributed by atoms with E-state index in [0.29, 0.717) is 48.0 Å². The molecule has 1 aliphatic heterocycles. The number of aromatic amines is 1. The van der Waals surface area contributed by atoms with Crippen molar-refractivity contribution in [3.8, 4) is 5.69 Å². The van der Waals surface area contributed by atoms with Crippen LogP contribution >= 0.6 is 28.1 Å². The van der Waals surface area contributed by atoms with Gasteiger partial charge in [-0.1, -0.05) is 15.9 Å². The molecule has 0 unspecified atom stereocenters. The first kappa shape index (κ1) is 21.3. The van der Waals surface area contributed by atoms with E-state index in [-0.39, 0.29) is 11.5 Å². The molecule has 0 saturated carbocycles. The molecule has 0 spiro atoms. The Morgan fingerprint density at radius 2 is 1.93 bits per heavy atom. The van der Waals surface area contributed by atoms with Gasteiger partial charge in [-0.15, -0.1) is 0 Å². The normalized spacial score (nSPS) is 15.4. The van der Waals surface area contributed by atoms with Gasteiger partial charge in [-0.3, -0.25) is 20.1 Å². The minimum Gasteiger partial charge on any atom is -0.481 e. The fraction of sp³-hybridized carbons (Fsp3) is 0.368. The number of aromatic nitrogens is 2. The summed E-state index contributed by atoms with van der Waals surface area (Å²) >= 11 is 8.76. The van der Waals surface area contributed by atoms with E-state index in [2.05, 4.69) is 31.6 Å². The van der Waals surface area contributed by atoms with Crippen LogP contribution < -0.4 is 11.0 Å². The highest BCUT2D eigenvalue weighted by Gasteiger charge is 2.25. The van der Waals surface area contributed by atoms with Gasteiger partial charge in [-0.05, 0) is 63.2 Å². The number of aliphatic carboxylic acids is 1. The van der Waals surface area contributed by atoms with Crippen LogP contribution in [0.4, 0.5) is 0 Å². The van der Waals surface area contributed by atoms with E-state index in [1.807, 2.05) is 36.1 Å². The Balaban J connectivity index is 1.72. The predicted octanol–water partition coefficient (Wildman–Crippen LogP) is 2.63. The van der Waals surface area contributed by atoms with Crippen LogP contribution in [-0.4, -0.2) is 49.7 Å². The van der Waals surface area contributed by atoms with Crippen molar-refractivity contribution in [1.82, 2.24) is 20.1 Å². The summed E-state index contributed by atoms with van der Waals surface area (Å²) in [6.07, 6.45) is 1.10. The second kappa shape index (κ2) is 8.91. The molecule has 2 aromatic rings. The van der Waals surface area contributed by atoms with Crippen molar-refractivity contribution in [1.29, 1.82) is 0 Å². The lowest BCUT2D eigenvalue weighted by Crippen LogP contribution is -2.44. The van der Waals surface area contributed by atoms with Crippen LogP contribution in [0, 0.1) is 12.8 Å². The Morgan fingerprint density at radius 3 is 2.52 bits per heavy atom. The molecule has 1 aliphatic rings. The maximum atomic E-state index is 12.9. The summed E-state index contributed by atoms with van der Waals surface area (Å²) in [5, 5.41) is 16.9. The van der Waals surface area contributed by atoms with Gasteiger partial charge in [0, 0.05) is 23.3 Å². The zero-order valence-electron chi connectivity index (χ0n) is 16.1. The number of hydrogen-bond acceptors (Lipinski definition) is 4.